The van der Waals surface area contributed by atoms with Crippen LogP contribution in [0.5, 0.6) is 11.6 Å². The van der Waals surface area contributed by atoms with Gasteiger partial charge in [-0.3, -0.25) is 4.90 Å². The fourth-order valence-electron chi connectivity index (χ4n) is 5.39. The van der Waals surface area contributed by atoms with Crippen LogP contribution in [0, 0.1) is 0 Å². The molecular weight excluding hydrogens is 478 g/mol. The van der Waals surface area contributed by atoms with Crippen molar-refractivity contribution in [1.82, 2.24) is 14.9 Å². The Balaban J connectivity index is 1.44. The highest BCUT2D eigenvalue weighted by atomic mass is 32.1. The van der Waals surface area contributed by atoms with E-state index in [-0.39, 0.29) is 0 Å². The second-order valence-corrected chi connectivity index (χ2v) is 10.9. The molecule has 0 atom stereocenters. The third-order valence-corrected chi connectivity index (χ3v) is 8.56. The van der Waals surface area contributed by atoms with Gasteiger partial charge in [-0.05, 0) is 86.5 Å². The number of aromatic nitrogens is 2. The molecule has 190 valence electrons. The molecule has 0 radical (unpaired) electrons. The lowest BCUT2D eigenvalue weighted by Crippen LogP contribution is -2.25. The lowest BCUT2D eigenvalue weighted by molar-refractivity contribution is 0.233. The molecule has 2 aromatic heterocycles. The van der Waals surface area contributed by atoms with Crippen LogP contribution >= 0.6 is 11.3 Å². The summed E-state index contributed by atoms with van der Waals surface area (Å²) in [5.41, 5.74) is 4.56. The van der Waals surface area contributed by atoms with Gasteiger partial charge in [0.2, 0.25) is 5.88 Å². The number of hydrogen-bond acceptors (Lipinski definition) is 6. The first-order chi connectivity index (χ1) is 18.3. The zero-order valence-corrected chi connectivity index (χ0v) is 22.2. The Hall–Kier alpha value is -3.22. The summed E-state index contributed by atoms with van der Waals surface area (Å²) in [7, 11) is 1.69. The molecule has 2 aliphatic rings. The van der Waals surface area contributed by atoms with Crippen LogP contribution in [-0.4, -0.2) is 48.2 Å². The molecule has 0 bridgehead atoms. The zero-order valence-electron chi connectivity index (χ0n) is 21.4. The Morgan fingerprint density at radius 1 is 0.946 bits per heavy atom. The lowest BCUT2D eigenvalue weighted by atomic mass is 9.97. The fraction of sp³-hybridized carbons (Fsp3) is 0.355. The van der Waals surface area contributed by atoms with Gasteiger partial charge in [-0.15, -0.1) is 11.3 Å². The Labute approximate surface area is 222 Å². The number of aryl methyl sites for hydroxylation is 2. The molecule has 1 aliphatic heterocycles. The summed E-state index contributed by atoms with van der Waals surface area (Å²) in [5.74, 6) is 2.30. The lowest BCUT2D eigenvalue weighted by Gasteiger charge is -2.17. The van der Waals surface area contributed by atoms with Crippen LogP contribution in [0.25, 0.3) is 21.9 Å². The Morgan fingerprint density at radius 3 is 2.51 bits per heavy atom. The monoisotopic (exact) mass is 511 g/mol. The number of benzene rings is 2. The summed E-state index contributed by atoms with van der Waals surface area (Å²) < 4.78 is 11.8. The van der Waals surface area contributed by atoms with E-state index in [2.05, 4.69) is 47.4 Å². The predicted octanol–water partition coefficient (Wildman–Crippen LogP) is 6.64. The minimum atomic E-state index is 0.652. The molecule has 0 saturated carbocycles. The van der Waals surface area contributed by atoms with Crippen molar-refractivity contribution in [3.8, 4) is 11.6 Å². The Kier molecular flexibility index (Phi) is 7.20. The molecular formula is C31H33N3O2S. The summed E-state index contributed by atoms with van der Waals surface area (Å²) >= 11 is 1.83. The van der Waals surface area contributed by atoms with Crippen LogP contribution in [0.1, 0.15) is 53.1 Å². The molecule has 37 heavy (non-hydrogen) atoms. The van der Waals surface area contributed by atoms with Crippen LogP contribution in [0.4, 0.5) is 0 Å². The van der Waals surface area contributed by atoms with Crippen molar-refractivity contribution in [2.75, 3.05) is 33.4 Å². The van der Waals surface area contributed by atoms with Gasteiger partial charge in [0.05, 0.1) is 12.5 Å². The Morgan fingerprint density at radius 2 is 1.73 bits per heavy atom. The van der Waals surface area contributed by atoms with E-state index < -0.39 is 0 Å². The molecule has 2 aromatic carbocycles. The van der Waals surface area contributed by atoms with Crippen molar-refractivity contribution < 1.29 is 9.47 Å². The van der Waals surface area contributed by atoms with Gasteiger partial charge in [0, 0.05) is 17.0 Å². The number of ether oxygens (including phenoxy) is 2. The summed E-state index contributed by atoms with van der Waals surface area (Å²) in [5, 5.41) is 1.14. The van der Waals surface area contributed by atoms with Crippen molar-refractivity contribution in [2.45, 2.75) is 38.5 Å². The first kappa shape index (κ1) is 24.1. The van der Waals surface area contributed by atoms with E-state index >= 15 is 0 Å². The molecule has 4 aromatic rings. The first-order valence-electron chi connectivity index (χ1n) is 13.4. The molecule has 6 rings (SSSR count). The quantitative estimate of drug-likeness (QED) is 0.248. The molecule has 1 aliphatic carbocycles. The molecule has 0 unspecified atom stereocenters. The fourth-order valence-corrected chi connectivity index (χ4v) is 6.64. The number of thiophene rings is 1. The maximum absolute atomic E-state index is 6.48. The second-order valence-electron chi connectivity index (χ2n) is 9.84. The number of nitrogens with zero attached hydrogens (tertiary/aromatic N) is 3. The highest BCUT2D eigenvalue weighted by Gasteiger charge is 2.23. The highest BCUT2D eigenvalue weighted by molar-refractivity contribution is 7.18. The van der Waals surface area contributed by atoms with E-state index in [0.717, 1.165) is 57.9 Å². The topological polar surface area (TPSA) is 47.5 Å². The second kappa shape index (κ2) is 11.0. The average Bonchev–Trinajstić information content (AvgIpc) is 3.60. The minimum Gasteiger partial charge on any atom is -0.497 e. The summed E-state index contributed by atoms with van der Waals surface area (Å²) in [6.07, 6.45) is 9.43. The molecule has 3 heterocycles. The van der Waals surface area contributed by atoms with Gasteiger partial charge in [0.1, 0.15) is 17.2 Å². The Bertz CT molecular complexity index is 1390. The SMILES string of the molecule is COc1ccc(/C=C(\c2ccccc2)c2nc(OCCN3CCCC3)c3c4c(sc3n2)CCCC4)cc1. The average molecular weight is 512 g/mol. The van der Waals surface area contributed by atoms with E-state index in [1.54, 1.807) is 7.11 Å². The number of likely N-dealkylation sites (tertiary alicyclic amines) is 1. The number of hydrogen-bond donors (Lipinski definition) is 0. The van der Waals surface area contributed by atoms with Gasteiger partial charge in [-0.2, -0.15) is 4.98 Å². The zero-order chi connectivity index (χ0) is 25.0. The van der Waals surface area contributed by atoms with Crippen molar-refractivity contribution >= 4 is 33.2 Å². The van der Waals surface area contributed by atoms with Crippen molar-refractivity contribution in [2.24, 2.45) is 0 Å². The van der Waals surface area contributed by atoms with Crippen molar-refractivity contribution in [3.63, 3.8) is 0 Å². The molecule has 5 nitrogen and oxygen atoms in total. The third-order valence-electron chi connectivity index (χ3n) is 7.38. The van der Waals surface area contributed by atoms with Crippen LogP contribution in [0.3, 0.4) is 0 Å². The number of rotatable bonds is 8. The van der Waals surface area contributed by atoms with Gasteiger partial charge in [0.25, 0.3) is 0 Å². The van der Waals surface area contributed by atoms with Gasteiger partial charge < -0.3 is 9.47 Å². The molecule has 1 saturated heterocycles. The van der Waals surface area contributed by atoms with Crippen molar-refractivity contribution in [1.29, 1.82) is 0 Å². The van der Waals surface area contributed by atoms with Gasteiger partial charge in [-0.1, -0.05) is 42.5 Å². The smallest absolute Gasteiger partial charge is 0.226 e. The molecule has 0 amide bonds. The van der Waals surface area contributed by atoms with E-state index in [1.807, 2.05) is 29.5 Å². The van der Waals surface area contributed by atoms with E-state index in [0.29, 0.717) is 12.4 Å². The van der Waals surface area contributed by atoms with Gasteiger partial charge >= 0.3 is 0 Å². The summed E-state index contributed by atoms with van der Waals surface area (Å²) in [4.78, 5) is 15.3. The van der Waals surface area contributed by atoms with E-state index in [9.17, 15) is 0 Å². The van der Waals surface area contributed by atoms with E-state index in [4.69, 9.17) is 19.4 Å². The third kappa shape index (κ3) is 5.27. The van der Waals surface area contributed by atoms with Crippen molar-refractivity contribution in [3.05, 3.63) is 82.0 Å². The minimum absolute atomic E-state index is 0.652. The van der Waals surface area contributed by atoms with Crippen LogP contribution in [0.15, 0.2) is 54.6 Å². The maximum atomic E-state index is 6.48. The molecule has 1 fully saturated rings. The summed E-state index contributed by atoms with van der Waals surface area (Å²) in [6.45, 7) is 3.94. The largest absolute Gasteiger partial charge is 0.497 e. The van der Waals surface area contributed by atoms with Crippen LogP contribution in [-0.2, 0) is 12.8 Å². The molecule has 0 spiro atoms. The normalized spacial score (nSPS) is 16.2. The summed E-state index contributed by atoms with van der Waals surface area (Å²) in [6, 6.07) is 18.5. The highest BCUT2D eigenvalue weighted by Crippen LogP contribution is 2.40. The molecule has 6 heteroatoms. The van der Waals surface area contributed by atoms with Crippen LogP contribution < -0.4 is 9.47 Å². The van der Waals surface area contributed by atoms with Gasteiger partial charge in [0.15, 0.2) is 5.82 Å². The molecule has 0 N–H and O–H groups in total. The van der Waals surface area contributed by atoms with E-state index in [1.165, 1.54) is 49.2 Å². The number of methoxy groups -OCH3 is 1. The first-order valence-corrected chi connectivity index (χ1v) is 14.2. The predicted molar refractivity (Wildman–Crippen MR) is 152 cm³/mol. The van der Waals surface area contributed by atoms with Gasteiger partial charge in [-0.25, -0.2) is 4.98 Å². The maximum Gasteiger partial charge on any atom is 0.226 e. The van der Waals surface area contributed by atoms with Crippen LogP contribution in [0.2, 0.25) is 0 Å². The standard InChI is InChI=1S/C31H33N3O2S/c1-35-24-15-13-22(14-16-24)21-26(23-9-3-2-4-10-23)29-32-30(36-20-19-34-17-7-8-18-34)28-25-11-5-6-12-27(25)37-31(28)33-29/h2-4,9-10,13-16,21H,5-8,11-12,17-20H2,1H3/b26-21+. The number of fused-ring (bicyclic) bond motifs is 3.